The quantitative estimate of drug-likeness (QED) is 0.452. The Balaban J connectivity index is 2.71. The zero-order chi connectivity index (χ0) is 15.0. The predicted molar refractivity (Wildman–Crippen MR) is 90.4 cm³/mol. The van der Waals surface area contributed by atoms with Crippen LogP contribution in [0.3, 0.4) is 0 Å². The van der Waals surface area contributed by atoms with Crippen molar-refractivity contribution in [2.75, 3.05) is 0 Å². The number of aromatic nitrogens is 1. The summed E-state index contributed by atoms with van der Waals surface area (Å²) >= 11 is 0. The molecule has 20 heavy (non-hydrogen) atoms. The van der Waals surface area contributed by atoms with Gasteiger partial charge in [-0.3, -0.25) is 0 Å². The number of nitrogens with zero attached hydrogens (tertiary/aromatic N) is 1. The van der Waals surface area contributed by atoms with Gasteiger partial charge >= 0.3 is 0 Å². The van der Waals surface area contributed by atoms with E-state index in [0.29, 0.717) is 5.41 Å². The summed E-state index contributed by atoms with van der Waals surface area (Å²) in [6.45, 7) is 9.29. The molecule has 0 N–H and O–H groups in total. The Morgan fingerprint density at radius 3 is 2.00 bits per heavy atom. The van der Waals surface area contributed by atoms with Gasteiger partial charge in [-0.25, -0.2) is 0 Å². The van der Waals surface area contributed by atoms with Gasteiger partial charge < -0.3 is 4.57 Å². The van der Waals surface area contributed by atoms with E-state index >= 15 is 0 Å². The molecule has 1 heteroatoms. The summed E-state index contributed by atoms with van der Waals surface area (Å²) in [4.78, 5) is 0. The number of hydrogen-bond donors (Lipinski definition) is 0. The van der Waals surface area contributed by atoms with Crippen LogP contribution >= 0.6 is 0 Å². The minimum absolute atomic E-state index is 0.384. The highest BCUT2D eigenvalue weighted by atomic mass is 14.9. The van der Waals surface area contributed by atoms with Crippen molar-refractivity contribution in [3.05, 3.63) is 23.5 Å². The molecule has 1 unspecified atom stereocenters. The smallest absolute Gasteiger partial charge is 0.0143 e. The van der Waals surface area contributed by atoms with Crippen molar-refractivity contribution in [3.8, 4) is 0 Å². The van der Waals surface area contributed by atoms with E-state index in [1.807, 2.05) is 0 Å². The van der Waals surface area contributed by atoms with Gasteiger partial charge in [-0.15, -0.1) is 0 Å². The second-order valence-electron chi connectivity index (χ2n) is 6.81. The van der Waals surface area contributed by atoms with Crippen LogP contribution in [0.2, 0.25) is 0 Å². The van der Waals surface area contributed by atoms with Crippen molar-refractivity contribution >= 4 is 0 Å². The molecule has 0 bridgehead atoms. The van der Waals surface area contributed by atoms with Crippen LogP contribution in [-0.2, 0) is 12.5 Å². The number of aryl methyl sites for hydroxylation is 2. The lowest BCUT2D eigenvalue weighted by Gasteiger charge is -2.29. The highest BCUT2D eigenvalue weighted by Gasteiger charge is 2.26. The molecular formula is C19H35N. The van der Waals surface area contributed by atoms with Crippen LogP contribution in [0.1, 0.15) is 89.8 Å². The zero-order valence-corrected chi connectivity index (χ0v) is 14.5. The first-order valence-electron chi connectivity index (χ1n) is 8.67. The van der Waals surface area contributed by atoms with Gasteiger partial charge in [0.15, 0.2) is 0 Å². The summed E-state index contributed by atoms with van der Waals surface area (Å²) in [5.41, 5.74) is 3.33. The van der Waals surface area contributed by atoms with Crippen molar-refractivity contribution in [1.29, 1.82) is 0 Å². The number of unbranched alkanes of at least 4 members (excludes halogenated alkanes) is 5. The van der Waals surface area contributed by atoms with E-state index in [1.54, 1.807) is 5.56 Å². The minimum Gasteiger partial charge on any atom is -0.354 e. The molecule has 0 aliphatic carbocycles. The molecule has 0 amide bonds. The number of rotatable bonds is 10. The summed E-state index contributed by atoms with van der Waals surface area (Å²) in [6.07, 6.45) is 14.6. The standard InChI is InChI=1S/C19H35N/c1-6-8-10-12-14-19(4,13-11-9-7-2)18-15-17(3)20(5)16-18/h15-16H,6-14H2,1-5H3. The third kappa shape index (κ3) is 5.00. The van der Waals surface area contributed by atoms with Gasteiger partial charge in [0, 0.05) is 18.9 Å². The van der Waals surface area contributed by atoms with Crippen molar-refractivity contribution in [3.63, 3.8) is 0 Å². The molecule has 1 nitrogen and oxygen atoms in total. The molecule has 0 aliphatic heterocycles. The second kappa shape index (κ2) is 8.54. The van der Waals surface area contributed by atoms with Gasteiger partial charge in [0.2, 0.25) is 0 Å². The van der Waals surface area contributed by atoms with Crippen LogP contribution < -0.4 is 0 Å². The van der Waals surface area contributed by atoms with E-state index in [9.17, 15) is 0 Å². The first-order chi connectivity index (χ1) is 9.53. The minimum atomic E-state index is 0.384. The maximum atomic E-state index is 2.49. The third-order valence-electron chi connectivity index (χ3n) is 4.86. The molecule has 1 aromatic heterocycles. The SMILES string of the molecule is CCCCCCC(C)(CCCCC)c1cc(C)n(C)c1. The summed E-state index contributed by atoms with van der Waals surface area (Å²) < 4.78 is 2.28. The predicted octanol–water partition coefficient (Wildman–Crippen LogP) is 6.14. The second-order valence-corrected chi connectivity index (χ2v) is 6.81. The van der Waals surface area contributed by atoms with Crippen LogP contribution in [0.15, 0.2) is 12.3 Å². The average Bonchev–Trinajstić information content (AvgIpc) is 2.76. The Kier molecular flexibility index (Phi) is 7.40. The van der Waals surface area contributed by atoms with Crippen molar-refractivity contribution in [1.82, 2.24) is 4.57 Å². The van der Waals surface area contributed by atoms with E-state index in [4.69, 9.17) is 0 Å². The van der Waals surface area contributed by atoms with E-state index in [2.05, 4.69) is 51.6 Å². The maximum Gasteiger partial charge on any atom is 0.0143 e. The van der Waals surface area contributed by atoms with Gasteiger partial charge in [-0.2, -0.15) is 0 Å². The van der Waals surface area contributed by atoms with Gasteiger partial charge in [0.05, 0.1) is 0 Å². The van der Waals surface area contributed by atoms with E-state index in [-0.39, 0.29) is 0 Å². The molecule has 0 aliphatic rings. The van der Waals surface area contributed by atoms with Crippen LogP contribution in [0, 0.1) is 6.92 Å². The lowest BCUT2D eigenvalue weighted by molar-refractivity contribution is 0.365. The lowest BCUT2D eigenvalue weighted by Crippen LogP contribution is -2.21. The molecule has 0 spiro atoms. The van der Waals surface area contributed by atoms with Crippen LogP contribution in [-0.4, -0.2) is 4.57 Å². The Labute approximate surface area is 126 Å². The lowest BCUT2D eigenvalue weighted by atomic mass is 9.75. The van der Waals surface area contributed by atoms with Gasteiger partial charge in [-0.05, 0) is 36.8 Å². The average molecular weight is 277 g/mol. The van der Waals surface area contributed by atoms with Gasteiger partial charge in [0.25, 0.3) is 0 Å². The molecule has 0 saturated heterocycles. The number of hydrogen-bond acceptors (Lipinski definition) is 0. The Morgan fingerprint density at radius 2 is 1.50 bits per heavy atom. The fourth-order valence-electron chi connectivity index (χ4n) is 3.13. The van der Waals surface area contributed by atoms with E-state index in [1.165, 1.54) is 63.5 Å². The fraction of sp³-hybridized carbons (Fsp3) is 0.789. The monoisotopic (exact) mass is 277 g/mol. The van der Waals surface area contributed by atoms with E-state index < -0.39 is 0 Å². The highest BCUT2D eigenvalue weighted by molar-refractivity contribution is 5.26. The highest BCUT2D eigenvalue weighted by Crippen LogP contribution is 2.36. The Morgan fingerprint density at radius 1 is 0.950 bits per heavy atom. The molecule has 0 fully saturated rings. The summed E-state index contributed by atoms with van der Waals surface area (Å²) in [7, 11) is 2.17. The molecular weight excluding hydrogens is 242 g/mol. The van der Waals surface area contributed by atoms with Crippen molar-refractivity contribution < 1.29 is 0 Å². The first kappa shape index (κ1) is 17.3. The summed E-state index contributed by atoms with van der Waals surface area (Å²) in [5.74, 6) is 0. The molecule has 1 heterocycles. The van der Waals surface area contributed by atoms with Crippen LogP contribution in [0.5, 0.6) is 0 Å². The molecule has 1 atom stereocenters. The molecule has 1 aromatic rings. The van der Waals surface area contributed by atoms with Gasteiger partial charge in [0.1, 0.15) is 0 Å². The molecule has 0 saturated carbocycles. The summed E-state index contributed by atoms with van der Waals surface area (Å²) in [5, 5.41) is 0. The van der Waals surface area contributed by atoms with Crippen LogP contribution in [0.25, 0.3) is 0 Å². The fourth-order valence-corrected chi connectivity index (χ4v) is 3.13. The summed E-state index contributed by atoms with van der Waals surface area (Å²) in [6, 6.07) is 2.41. The topological polar surface area (TPSA) is 4.93 Å². The molecule has 116 valence electrons. The Hall–Kier alpha value is -0.720. The maximum absolute atomic E-state index is 2.49. The largest absolute Gasteiger partial charge is 0.354 e. The van der Waals surface area contributed by atoms with Crippen molar-refractivity contribution in [2.45, 2.75) is 90.9 Å². The Bertz CT molecular complexity index is 358. The zero-order valence-electron chi connectivity index (χ0n) is 14.5. The van der Waals surface area contributed by atoms with Crippen molar-refractivity contribution in [2.24, 2.45) is 7.05 Å². The molecule has 1 rings (SSSR count). The third-order valence-corrected chi connectivity index (χ3v) is 4.86. The molecule has 0 radical (unpaired) electrons. The van der Waals surface area contributed by atoms with Gasteiger partial charge in [-0.1, -0.05) is 65.7 Å². The van der Waals surface area contributed by atoms with Crippen LogP contribution in [0.4, 0.5) is 0 Å². The molecule has 0 aromatic carbocycles. The normalized spacial score (nSPS) is 14.4. The van der Waals surface area contributed by atoms with E-state index in [0.717, 1.165) is 0 Å². The first-order valence-corrected chi connectivity index (χ1v) is 8.67.